The van der Waals surface area contributed by atoms with E-state index in [2.05, 4.69) is 66.9 Å². The van der Waals surface area contributed by atoms with Crippen LogP contribution in [0.15, 0.2) is 83.9 Å². The van der Waals surface area contributed by atoms with Gasteiger partial charge in [0, 0.05) is 31.9 Å². The van der Waals surface area contributed by atoms with Crippen molar-refractivity contribution in [2.75, 3.05) is 20.7 Å². The fourth-order valence-corrected chi connectivity index (χ4v) is 2.49. The zero-order valence-corrected chi connectivity index (χ0v) is 21.0. The summed E-state index contributed by atoms with van der Waals surface area (Å²) in [6.07, 6.45) is 17.1. The second kappa shape index (κ2) is 19.4. The van der Waals surface area contributed by atoms with E-state index < -0.39 is 0 Å². The van der Waals surface area contributed by atoms with Gasteiger partial charge in [-0.3, -0.25) is 0 Å². The molecular weight excluding hydrogens is 384 g/mol. The molecule has 0 heterocycles. The van der Waals surface area contributed by atoms with Crippen LogP contribution in [0.1, 0.15) is 54.4 Å². The smallest absolute Gasteiger partial charge is 0.122 e. The second-order valence-corrected chi connectivity index (χ2v) is 7.10. The number of carbonyl (C=O) groups is 1. The van der Waals surface area contributed by atoms with Crippen LogP contribution < -0.4 is 5.32 Å². The van der Waals surface area contributed by atoms with Gasteiger partial charge in [-0.15, -0.1) is 0 Å². The Labute approximate surface area is 191 Å². The van der Waals surface area contributed by atoms with Crippen LogP contribution in [0.2, 0.25) is 0 Å². The maximum atomic E-state index is 9.71. The monoisotopic (exact) mass is 428 g/mol. The summed E-state index contributed by atoms with van der Waals surface area (Å²) in [5.41, 5.74) is 5.32. The molecule has 0 aromatic heterocycles. The molecule has 0 aliphatic rings. The number of hydrogen-bond donors (Lipinski definition) is 1. The maximum Gasteiger partial charge on any atom is 0.122 e. The van der Waals surface area contributed by atoms with Crippen LogP contribution in [0.3, 0.4) is 0 Å². The number of hydrogen-bond acceptors (Lipinski definition) is 4. The molecule has 0 aromatic rings. The molecule has 0 aliphatic carbocycles. The number of rotatable bonds is 13. The Hall–Kier alpha value is -2.59. The number of aldehydes is 1. The summed E-state index contributed by atoms with van der Waals surface area (Å²) in [4.78, 5) is 11.8. The van der Waals surface area contributed by atoms with Crippen LogP contribution in [-0.4, -0.2) is 38.0 Å². The third-order valence-electron chi connectivity index (χ3n) is 4.19. The highest BCUT2D eigenvalue weighted by atomic mass is 16.5. The third-order valence-corrected chi connectivity index (χ3v) is 4.19. The van der Waals surface area contributed by atoms with E-state index in [1.807, 2.05) is 54.8 Å². The lowest BCUT2D eigenvalue weighted by Crippen LogP contribution is -2.11. The van der Waals surface area contributed by atoms with Crippen molar-refractivity contribution in [1.29, 1.82) is 0 Å². The van der Waals surface area contributed by atoms with Crippen LogP contribution in [0.5, 0.6) is 0 Å². The molecule has 0 atom stereocenters. The number of carbonyl (C=O) groups excluding carboxylic acids is 1. The lowest BCUT2D eigenvalue weighted by Gasteiger charge is -2.19. The van der Waals surface area contributed by atoms with Crippen molar-refractivity contribution in [3.63, 3.8) is 0 Å². The Kier molecular flexibility index (Phi) is 19.1. The molecule has 31 heavy (non-hydrogen) atoms. The van der Waals surface area contributed by atoms with Crippen molar-refractivity contribution < 1.29 is 9.53 Å². The standard InChI is InChI=1S/C21H32N2.C6H12O2/c1-9-13-14-23(8)21(12-4)17(5)15-20(16-18(6)22-7)19(10-2)11-3;1-6(2)8-5-3-4-7/h10-16,22H,2,5,9H2,1,3-4,6-8H3;4,6H,3,5H2,1-2H3/b14-13+,18-16+,19-11-,20-15-,21-12-;. The lowest BCUT2D eigenvalue weighted by molar-refractivity contribution is -0.109. The zero-order chi connectivity index (χ0) is 24.2. The number of nitrogens with one attached hydrogen (secondary N) is 1. The first-order valence-corrected chi connectivity index (χ1v) is 10.9. The van der Waals surface area contributed by atoms with Crippen LogP contribution in [0.25, 0.3) is 0 Å². The third kappa shape index (κ3) is 14.9. The second-order valence-electron chi connectivity index (χ2n) is 7.10. The SMILES string of the molecule is C=CC(=C/C)/C(=C\C(=C)/C(=C/C)N(C)/C=C/CC)/C=C(\C)NC.CC(C)OCCC=O. The van der Waals surface area contributed by atoms with E-state index in [1.54, 1.807) is 0 Å². The fraction of sp³-hybridized carbons (Fsp3) is 0.444. The van der Waals surface area contributed by atoms with E-state index in [1.165, 1.54) is 0 Å². The molecule has 0 amide bonds. The molecule has 0 saturated heterocycles. The van der Waals surface area contributed by atoms with Crippen molar-refractivity contribution in [3.8, 4) is 0 Å². The van der Waals surface area contributed by atoms with E-state index in [9.17, 15) is 4.79 Å². The maximum absolute atomic E-state index is 9.71. The Morgan fingerprint density at radius 2 is 1.81 bits per heavy atom. The number of allylic oxidation sites excluding steroid dienone is 9. The van der Waals surface area contributed by atoms with Crippen LogP contribution in [0.4, 0.5) is 0 Å². The van der Waals surface area contributed by atoms with Gasteiger partial charge in [0.2, 0.25) is 0 Å². The van der Waals surface area contributed by atoms with E-state index in [0.717, 1.165) is 40.8 Å². The first-order chi connectivity index (χ1) is 14.7. The van der Waals surface area contributed by atoms with E-state index in [0.29, 0.717) is 13.0 Å². The van der Waals surface area contributed by atoms with Gasteiger partial charge in [0.15, 0.2) is 0 Å². The molecule has 1 N–H and O–H groups in total. The fourth-order valence-electron chi connectivity index (χ4n) is 2.49. The van der Waals surface area contributed by atoms with Crippen molar-refractivity contribution in [3.05, 3.63) is 83.9 Å². The quantitative estimate of drug-likeness (QED) is 0.207. The van der Waals surface area contributed by atoms with Crippen molar-refractivity contribution in [2.45, 2.75) is 60.5 Å². The Morgan fingerprint density at radius 3 is 2.23 bits per heavy atom. The Bertz CT molecular complexity index is 692. The van der Waals surface area contributed by atoms with Gasteiger partial charge in [0.05, 0.1) is 12.7 Å². The summed E-state index contributed by atoms with van der Waals surface area (Å²) < 4.78 is 5.05. The molecule has 0 unspecified atom stereocenters. The average Bonchev–Trinajstić information content (AvgIpc) is 2.73. The summed E-state index contributed by atoms with van der Waals surface area (Å²) in [5.74, 6) is 0. The first-order valence-electron chi connectivity index (χ1n) is 10.9. The van der Waals surface area contributed by atoms with Crippen molar-refractivity contribution in [2.24, 2.45) is 0 Å². The Morgan fingerprint density at radius 1 is 1.16 bits per heavy atom. The molecule has 0 spiro atoms. The largest absolute Gasteiger partial charge is 0.392 e. The zero-order valence-electron chi connectivity index (χ0n) is 21.0. The van der Waals surface area contributed by atoms with E-state index in [4.69, 9.17) is 4.74 Å². The average molecular weight is 429 g/mol. The van der Waals surface area contributed by atoms with Crippen molar-refractivity contribution in [1.82, 2.24) is 10.2 Å². The minimum Gasteiger partial charge on any atom is -0.392 e. The van der Waals surface area contributed by atoms with Crippen LogP contribution in [-0.2, 0) is 9.53 Å². The predicted molar refractivity (Wildman–Crippen MR) is 137 cm³/mol. The molecule has 0 aromatic carbocycles. The molecule has 4 heteroatoms. The topological polar surface area (TPSA) is 41.6 Å². The molecule has 4 nitrogen and oxygen atoms in total. The molecular formula is C27H44N2O2. The van der Waals surface area contributed by atoms with Gasteiger partial charge in [0.1, 0.15) is 6.29 Å². The lowest BCUT2D eigenvalue weighted by atomic mass is 10.0. The van der Waals surface area contributed by atoms with Crippen molar-refractivity contribution >= 4 is 6.29 Å². The highest BCUT2D eigenvalue weighted by molar-refractivity contribution is 5.52. The molecule has 0 bridgehead atoms. The summed E-state index contributed by atoms with van der Waals surface area (Å²) in [6.45, 7) is 20.8. The molecule has 0 saturated carbocycles. The van der Waals surface area contributed by atoms with Gasteiger partial charge in [0.25, 0.3) is 0 Å². The number of likely N-dealkylation sites (N-methyl/N-ethyl adjacent to an activating group) is 1. The Balaban J connectivity index is 0. The van der Waals surface area contributed by atoms with Gasteiger partial charge in [-0.05, 0) is 76.1 Å². The molecule has 0 aliphatic heterocycles. The van der Waals surface area contributed by atoms with Gasteiger partial charge < -0.3 is 19.7 Å². The predicted octanol–water partition coefficient (Wildman–Crippen LogP) is 6.48. The summed E-state index contributed by atoms with van der Waals surface area (Å²) in [7, 11) is 3.96. The minimum atomic E-state index is 0.245. The first kappa shape index (κ1) is 30.6. The summed E-state index contributed by atoms with van der Waals surface area (Å²) in [5, 5.41) is 3.16. The number of nitrogens with zero attached hydrogens (tertiary/aromatic N) is 1. The highest BCUT2D eigenvalue weighted by Crippen LogP contribution is 2.21. The van der Waals surface area contributed by atoms with Gasteiger partial charge >= 0.3 is 0 Å². The summed E-state index contributed by atoms with van der Waals surface area (Å²) in [6, 6.07) is 0. The molecule has 0 rings (SSSR count). The summed E-state index contributed by atoms with van der Waals surface area (Å²) >= 11 is 0. The highest BCUT2D eigenvalue weighted by Gasteiger charge is 2.06. The van der Waals surface area contributed by atoms with Gasteiger partial charge in [-0.25, -0.2) is 0 Å². The number of ether oxygens (including phenoxy) is 1. The van der Waals surface area contributed by atoms with E-state index in [-0.39, 0.29) is 6.10 Å². The van der Waals surface area contributed by atoms with Gasteiger partial charge in [-0.2, -0.15) is 0 Å². The van der Waals surface area contributed by atoms with Gasteiger partial charge in [-0.1, -0.05) is 44.4 Å². The molecule has 174 valence electrons. The van der Waals surface area contributed by atoms with E-state index >= 15 is 0 Å². The minimum absolute atomic E-state index is 0.245. The van der Waals surface area contributed by atoms with Crippen LogP contribution in [0, 0.1) is 0 Å². The molecule has 0 radical (unpaired) electrons. The van der Waals surface area contributed by atoms with Crippen LogP contribution >= 0.6 is 0 Å². The molecule has 0 fully saturated rings. The normalized spacial score (nSPS) is 13.1.